The van der Waals surface area contributed by atoms with Gasteiger partial charge in [0.15, 0.2) is 0 Å². The Bertz CT molecular complexity index is 552. The molecule has 2 rings (SSSR count). The number of nitrogens with zero attached hydrogens (tertiary/aromatic N) is 1. The zero-order valence-electron chi connectivity index (χ0n) is 9.96. The number of rotatable bonds is 4. The smallest absolute Gasteiger partial charge is 0.250 e. The number of morpholine rings is 1. The molecule has 0 atom stereocenters. The number of sulfonamides is 1. The Kier molecular flexibility index (Phi) is 4.80. The van der Waals surface area contributed by atoms with Crippen molar-refractivity contribution in [1.29, 1.82) is 0 Å². The lowest BCUT2D eigenvalue weighted by molar-refractivity contribution is -0.133. The van der Waals surface area contributed by atoms with Gasteiger partial charge in [-0.2, -0.15) is 0 Å². The molecule has 0 aliphatic carbocycles. The molecule has 1 aromatic rings. The number of nitrogens with one attached hydrogen (secondary N) is 1. The first-order chi connectivity index (χ1) is 8.99. The summed E-state index contributed by atoms with van der Waals surface area (Å²) in [5, 5.41) is 0. The van der Waals surface area contributed by atoms with Crippen LogP contribution in [0.15, 0.2) is 16.3 Å². The van der Waals surface area contributed by atoms with Crippen molar-refractivity contribution >= 4 is 38.9 Å². The van der Waals surface area contributed by atoms with Gasteiger partial charge in [0.25, 0.3) is 10.0 Å². The Morgan fingerprint density at radius 1 is 1.42 bits per heavy atom. The Morgan fingerprint density at radius 3 is 2.68 bits per heavy atom. The van der Waals surface area contributed by atoms with Crippen LogP contribution in [0.5, 0.6) is 0 Å². The fraction of sp³-hybridized carbons (Fsp3) is 0.500. The summed E-state index contributed by atoms with van der Waals surface area (Å²) in [6, 6.07) is 2.92. The first-order valence-corrected chi connectivity index (χ1v) is 8.27. The second kappa shape index (κ2) is 6.19. The van der Waals surface area contributed by atoms with Gasteiger partial charge in [0.1, 0.15) is 4.21 Å². The van der Waals surface area contributed by atoms with Gasteiger partial charge in [0.2, 0.25) is 5.91 Å². The number of ether oxygens (including phenoxy) is 1. The maximum absolute atomic E-state index is 11.9. The lowest BCUT2D eigenvalue weighted by atomic mass is 10.4. The highest BCUT2D eigenvalue weighted by atomic mass is 35.5. The van der Waals surface area contributed by atoms with Crippen molar-refractivity contribution in [2.24, 2.45) is 0 Å². The summed E-state index contributed by atoms with van der Waals surface area (Å²) >= 11 is 6.64. The van der Waals surface area contributed by atoms with Crippen LogP contribution in [-0.4, -0.2) is 52.1 Å². The molecule has 0 radical (unpaired) electrons. The highest BCUT2D eigenvalue weighted by Crippen LogP contribution is 2.25. The summed E-state index contributed by atoms with van der Waals surface area (Å²) in [5.41, 5.74) is 0. The molecule has 0 unspecified atom stereocenters. The van der Waals surface area contributed by atoms with Crippen LogP contribution < -0.4 is 4.72 Å². The minimum Gasteiger partial charge on any atom is -0.378 e. The summed E-state index contributed by atoms with van der Waals surface area (Å²) < 4.78 is 31.6. The molecule has 1 aliphatic heterocycles. The van der Waals surface area contributed by atoms with Gasteiger partial charge in [0, 0.05) is 13.1 Å². The maximum Gasteiger partial charge on any atom is 0.250 e. The van der Waals surface area contributed by atoms with Crippen LogP contribution in [0.2, 0.25) is 4.34 Å². The Balaban J connectivity index is 1.92. The molecule has 0 spiro atoms. The van der Waals surface area contributed by atoms with E-state index in [4.69, 9.17) is 16.3 Å². The van der Waals surface area contributed by atoms with Gasteiger partial charge in [0.05, 0.1) is 24.1 Å². The zero-order chi connectivity index (χ0) is 13.9. The van der Waals surface area contributed by atoms with Gasteiger partial charge >= 0.3 is 0 Å². The first kappa shape index (κ1) is 14.7. The molecule has 1 fully saturated rings. The third kappa shape index (κ3) is 3.90. The maximum atomic E-state index is 11.9. The van der Waals surface area contributed by atoms with Crippen LogP contribution >= 0.6 is 22.9 Å². The molecule has 106 valence electrons. The van der Waals surface area contributed by atoms with E-state index in [1.165, 1.54) is 12.1 Å². The van der Waals surface area contributed by atoms with Crippen LogP contribution in [0.1, 0.15) is 0 Å². The zero-order valence-corrected chi connectivity index (χ0v) is 12.4. The molecular formula is C10H13ClN2O4S2. The van der Waals surface area contributed by atoms with Crippen LogP contribution in [-0.2, 0) is 19.6 Å². The third-order valence-corrected chi connectivity index (χ3v) is 5.71. The van der Waals surface area contributed by atoms with Gasteiger partial charge in [-0.15, -0.1) is 11.3 Å². The molecule has 2 heterocycles. The largest absolute Gasteiger partial charge is 0.378 e. The van der Waals surface area contributed by atoms with Crippen molar-refractivity contribution in [3.63, 3.8) is 0 Å². The highest BCUT2D eigenvalue weighted by molar-refractivity contribution is 7.91. The fourth-order valence-electron chi connectivity index (χ4n) is 1.59. The average molecular weight is 325 g/mol. The van der Waals surface area contributed by atoms with Crippen LogP contribution in [0.3, 0.4) is 0 Å². The monoisotopic (exact) mass is 324 g/mol. The molecule has 9 heteroatoms. The minimum atomic E-state index is -3.67. The summed E-state index contributed by atoms with van der Waals surface area (Å²) in [6.45, 7) is 1.70. The van der Waals surface area contributed by atoms with Gasteiger partial charge in [-0.25, -0.2) is 13.1 Å². The standard InChI is InChI=1S/C10H13ClN2O4S2/c11-8-1-2-10(18-8)19(15,16)12-7-9(14)13-3-5-17-6-4-13/h1-2,12H,3-7H2. The van der Waals surface area contributed by atoms with Gasteiger partial charge in [-0.3, -0.25) is 4.79 Å². The molecular weight excluding hydrogens is 312 g/mol. The second-order valence-corrected chi connectivity index (χ2v) is 7.59. The van der Waals surface area contributed by atoms with Gasteiger partial charge < -0.3 is 9.64 Å². The number of amides is 1. The van der Waals surface area contributed by atoms with Crippen LogP contribution in [0.4, 0.5) is 0 Å². The average Bonchev–Trinajstić information content (AvgIpc) is 2.85. The molecule has 1 aliphatic rings. The van der Waals surface area contributed by atoms with Crippen molar-refractivity contribution in [1.82, 2.24) is 9.62 Å². The van der Waals surface area contributed by atoms with E-state index in [0.717, 1.165) is 11.3 Å². The summed E-state index contributed by atoms with van der Waals surface area (Å²) in [4.78, 5) is 13.4. The third-order valence-electron chi connectivity index (χ3n) is 2.59. The van der Waals surface area contributed by atoms with Gasteiger partial charge in [-0.1, -0.05) is 11.6 Å². The SMILES string of the molecule is O=C(CNS(=O)(=O)c1ccc(Cl)s1)N1CCOCC1. The number of hydrogen-bond donors (Lipinski definition) is 1. The number of carbonyl (C=O) groups excluding carboxylic acids is 1. The number of hydrogen-bond acceptors (Lipinski definition) is 5. The van der Waals surface area contributed by atoms with E-state index >= 15 is 0 Å². The summed E-state index contributed by atoms with van der Waals surface area (Å²) in [7, 11) is -3.67. The normalized spacial score (nSPS) is 16.6. The van der Waals surface area contributed by atoms with E-state index in [9.17, 15) is 13.2 Å². The summed E-state index contributed by atoms with van der Waals surface area (Å²) in [5.74, 6) is -0.255. The van der Waals surface area contributed by atoms with Crippen molar-refractivity contribution < 1.29 is 17.9 Å². The molecule has 6 nitrogen and oxygen atoms in total. The summed E-state index contributed by atoms with van der Waals surface area (Å²) in [6.07, 6.45) is 0. The Morgan fingerprint density at radius 2 is 2.11 bits per heavy atom. The second-order valence-electron chi connectivity index (χ2n) is 3.88. The molecule has 0 aromatic carbocycles. The van der Waals surface area contributed by atoms with E-state index < -0.39 is 10.0 Å². The minimum absolute atomic E-state index is 0.104. The van der Waals surface area contributed by atoms with E-state index in [1.54, 1.807) is 4.90 Å². The van der Waals surface area contributed by atoms with E-state index in [0.29, 0.717) is 30.6 Å². The Labute approximate surface area is 120 Å². The number of thiophene rings is 1. The predicted octanol–water partition coefficient (Wildman–Crippen LogP) is 0.539. The molecule has 0 bridgehead atoms. The van der Waals surface area contributed by atoms with Crippen molar-refractivity contribution in [2.45, 2.75) is 4.21 Å². The molecule has 1 amide bonds. The molecule has 1 N–H and O–H groups in total. The van der Waals surface area contributed by atoms with Gasteiger partial charge in [-0.05, 0) is 12.1 Å². The number of carbonyl (C=O) groups is 1. The molecule has 1 saturated heterocycles. The van der Waals surface area contributed by atoms with E-state index in [-0.39, 0.29) is 16.7 Å². The van der Waals surface area contributed by atoms with E-state index in [2.05, 4.69) is 4.72 Å². The lowest BCUT2D eigenvalue weighted by Gasteiger charge is -2.26. The quantitative estimate of drug-likeness (QED) is 0.877. The van der Waals surface area contributed by atoms with Crippen molar-refractivity contribution in [3.8, 4) is 0 Å². The topological polar surface area (TPSA) is 75.7 Å². The van der Waals surface area contributed by atoms with Crippen LogP contribution in [0.25, 0.3) is 0 Å². The van der Waals surface area contributed by atoms with E-state index in [1.807, 2.05) is 0 Å². The predicted molar refractivity (Wildman–Crippen MR) is 71.9 cm³/mol. The van der Waals surface area contributed by atoms with Crippen molar-refractivity contribution in [2.75, 3.05) is 32.8 Å². The Hall–Kier alpha value is -0.670. The lowest BCUT2D eigenvalue weighted by Crippen LogP contribution is -2.45. The highest BCUT2D eigenvalue weighted by Gasteiger charge is 2.21. The van der Waals surface area contributed by atoms with Crippen LogP contribution in [0, 0.1) is 0 Å². The molecule has 1 aromatic heterocycles. The molecule has 0 saturated carbocycles. The fourth-order valence-corrected chi connectivity index (χ4v) is 4.10. The number of halogens is 1. The first-order valence-electron chi connectivity index (χ1n) is 5.59. The van der Waals surface area contributed by atoms with Crippen molar-refractivity contribution in [3.05, 3.63) is 16.5 Å². The molecule has 19 heavy (non-hydrogen) atoms.